The van der Waals surface area contributed by atoms with Gasteiger partial charge in [0.25, 0.3) is 5.91 Å². The van der Waals surface area contributed by atoms with Crippen molar-refractivity contribution >= 4 is 60.7 Å². The number of nitrogens with two attached hydrogens (primary N) is 1. The molecule has 0 saturated heterocycles. The van der Waals surface area contributed by atoms with Crippen LogP contribution in [0.3, 0.4) is 0 Å². The minimum Gasteiger partial charge on any atom is -0.397 e. The molecule has 1 amide bonds. The molecule has 20 heavy (non-hydrogen) atoms. The molecule has 0 radical (unpaired) electrons. The Morgan fingerprint density at radius 2 is 2.30 bits per heavy atom. The minimum atomic E-state index is -0.0761. The molecule has 2 aromatic rings. The van der Waals surface area contributed by atoms with Gasteiger partial charge in [-0.3, -0.25) is 4.79 Å². The number of halogens is 1. The predicted octanol–water partition coefficient (Wildman–Crippen LogP) is 3.97. The summed E-state index contributed by atoms with van der Waals surface area (Å²) < 4.78 is 2.00. The highest BCUT2D eigenvalue weighted by Crippen LogP contribution is 2.35. The second-order valence-corrected chi connectivity index (χ2v) is 7.63. The van der Waals surface area contributed by atoms with Crippen LogP contribution in [0.25, 0.3) is 10.1 Å². The Hall–Kier alpha value is -0.720. The SMILES string of the molecule is CSCC(C)CNC(=O)c1sc2ccc(Br)cc2c1N. The number of thioether (sulfide) groups is 1. The maximum atomic E-state index is 12.2. The summed E-state index contributed by atoms with van der Waals surface area (Å²) in [6, 6.07) is 5.89. The summed E-state index contributed by atoms with van der Waals surface area (Å²) in [5.41, 5.74) is 6.67. The molecule has 0 saturated carbocycles. The van der Waals surface area contributed by atoms with Crippen molar-refractivity contribution in [3.8, 4) is 0 Å². The molecule has 0 aliphatic carbocycles. The third kappa shape index (κ3) is 3.48. The van der Waals surface area contributed by atoms with Crippen molar-refractivity contribution in [2.45, 2.75) is 6.92 Å². The van der Waals surface area contributed by atoms with Gasteiger partial charge < -0.3 is 11.1 Å². The van der Waals surface area contributed by atoms with Crippen LogP contribution in [0.4, 0.5) is 5.69 Å². The van der Waals surface area contributed by atoms with Gasteiger partial charge in [-0.15, -0.1) is 11.3 Å². The van der Waals surface area contributed by atoms with E-state index in [2.05, 4.69) is 34.4 Å². The fourth-order valence-electron chi connectivity index (χ4n) is 1.95. The van der Waals surface area contributed by atoms with E-state index in [4.69, 9.17) is 5.73 Å². The fraction of sp³-hybridized carbons (Fsp3) is 0.357. The molecule has 1 heterocycles. The van der Waals surface area contributed by atoms with E-state index in [-0.39, 0.29) is 5.91 Å². The van der Waals surface area contributed by atoms with Crippen molar-refractivity contribution in [1.82, 2.24) is 5.32 Å². The van der Waals surface area contributed by atoms with Crippen LogP contribution >= 0.6 is 39.0 Å². The second-order valence-electron chi connectivity index (χ2n) is 4.76. The Labute approximate surface area is 135 Å². The lowest BCUT2D eigenvalue weighted by Gasteiger charge is -2.10. The van der Waals surface area contributed by atoms with E-state index < -0.39 is 0 Å². The van der Waals surface area contributed by atoms with Crippen LogP contribution in [-0.2, 0) is 0 Å². The lowest BCUT2D eigenvalue weighted by Crippen LogP contribution is -2.28. The number of nitrogen functional groups attached to an aromatic ring is 1. The first-order valence-corrected chi connectivity index (χ1v) is 9.28. The molecule has 3 nitrogen and oxygen atoms in total. The highest BCUT2D eigenvalue weighted by molar-refractivity contribution is 9.10. The van der Waals surface area contributed by atoms with Crippen LogP contribution in [0.5, 0.6) is 0 Å². The Kier molecular flexibility index (Phi) is 5.35. The summed E-state index contributed by atoms with van der Waals surface area (Å²) in [5.74, 6) is 1.42. The summed E-state index contributed by atoms with van der Waals surface area (Å²) in [5, 5.41) is 3.90. The van der Waals surface area contributed by atoms with Crippen molar-refractivity contribution in [3.63, 3.8) is 0 Å². The predicted molar refractivity (Wildman–Crippen MR) is 93.8 cm³/mol. The lowest BCUT2D eigenvalue weighted by atomic mass is 10.2. The summed E-state index contributed by atoms with van der Waals surface area (Å²) in [6.07, 6.45) is 2.07. The zero-order valence-corrected chi connectivity index (χ0v) is 14.6. The number of carbonyl (C=O) groups is 1. The van der Waals surface area contributed by atoms with E-state index in [1.165, 1.54) is 11.3 Å². The number of hydrogen-bond donors (Lipinski definition) is 2. The normalized spacial score (nSPS) is 12.6. The number of carbonyl (C=O) groups excluding carboxylic acids is 1. The van der Waals surface area contributed by atoms with E-state index >= 15 is 0 Å². The zero-order valence-electron chi connectivity index (χ0n) is 11.4. The number of anilines is 1. The smallest absolute Gasteiger partial charge is 0.263 e. The molecule has 0 fully saturated rings. The van der Waals surface area contributed by atoms with Crippen LogP contribution in [0, 0.1) is 5.92 Å². The highest BCUT2D eigenvalue weighted by atomic mass is 79.9. The maximum absolute atomic E-state index is 12.2. The van der Waals surface area contributed by atoms with Crippen molar-refractivity contribution < 1.29 is 4.79 Å². The summed E-state index contributed by atoms with van der Waals surface area (Å²) in [7, 11) is 0. The molecule has 0 bridgehead atoms. The second kappa shape index (κ2) is 6.83. The monoisotopic (exact) mass is 372 g/mol. The van der Waals surface area contributed by atoms with Crippen molar-refractivity contribution in [1.29, 1.82) is 0 Å². The van der Waals surface area contributed by atoms with Gasteiger partial charge in [0.2, 0.25) is 0 Å². The molecule has 1 unspecified atom stereocenters. The van der Waals surface area contributed by atoms with Crippen LogP contribution in [-0.4, -0.2) is 24.5 Å². The molecule has 0 aliphatic rings. The molecule has 1 aromatic carbocycles. The Balaban J connectivity index is 2.16. The van der Waals surface area contributed by atoms with E-state index in [0.717, 1.165) is 20.3 Å². The standard InChI is InChI=1S/C14H17BrN2OS2/c1-8(7-19-2)6-17-14(18)13-12(16)10-5-9(15)3-4-11(10)20-13/h3-5,8H,6-7,16H2,1-2H3,(H,17,18). The molecule has 6 heteroatoms. The first-order chi connectivity index (χ1) is 9.52. The van der Waals surface area contributed by atoms with Crippen LogP contribution in [0.1, 0.15) is 16.6 Å². The van der Waals surface area contributed by atoms with E-state index in [1.54, 1.807) is 11.8 Å². The molecular formula is C14H17BrN2OS2. The number of fused-ring (bicyclic) bond motifs is 1. The molecule has 3 N–H and O–H groups in total. The molecule has 2 rings (SSSR count). The average molecular weight is 373 g/mol. The summed E-state index contributed by atoms with van der Waals surface area (Å²) >= 11 is 6.66. The average Bonchev–Trinajstić information content (AvgIpc) is 2.74. The van der Waals surface area contributed by atoms with E-state index in [0.29, 0.717) is 23.0 Å². The number of benzene rings is 1. The van der Waals surface area contributed by atoms with Gasteiger partial charge in [-0.2, -0.15) is 11.8 Å². The Morgan fingerprint density at radius 1 is 1.55 bits per heavy atom. The molecule has 0 aliphatic heterocycles. The van der Waals surface area contributed by atoms with Crippen molar-refractivity contribution in [2.24, 2.45) is 5.92 Å². The van der Waals surface area contributed by atoms with E-state index in [9.17, 15) is 4.79 Å². The third-order valence-corrected chi connectivity index (χ3v) is 5.54. The van der Waals surface area contributed by atoms with Crippen molar-refractivity contribution in [3.05, 3.63) is 27.5 Å². The topological polar surface area (TPSA) is 55.1 Å². The zero-order chi connectivity index (χ0) is 14.7. The first-order valence-electron chi connectivity index (χ1n) is 6.27. The minimum absolute atomic E-state index is 0.0761. The van der Waals surface area contributed by atoms with Gasteiger partial charge in [0, 0.05) is 21.1 Å². The summed E-state index contributed by atoms with van der Waals surface area (Å²) in [6.45, 7) is 2.80. The first kappa shape index (κ1) is 15.7. The lowest BCUT2D eigenvalue weighted by molar-refractivity contribution is 0.0954. The molecule has 0 spiro atoms. The van der Waals surface area contributed by atoms with Gasteiger partial charge in [-0.05, 0) is 36.1 Å². The third-order valence-electron chi connectivity index (χ3n) is 2.96. The number of rotatable bonds is 5. The van der Waals surface area contributed by atoms with Gasteiger partial charge in [-0.25, -0.2) is 0 Å². The molecule has 1 atom stereocenters. The number of hydrogen-bond acceptors (Lipinski definition) is 4. The number of nitrogens with one attached hydrogen (secondary N) is 1. The van der Waals surface area contributed by atoms with Gasteiger partial charge in [0.05, 0.1) is 5.69 Å². The fourth-order valence-corrected chi connectivity index (χ4v) is 4.02. The maximum Gasteiger partial charge on any atom is 0.263 e. The largest absolute Gasteiger partial charge is 0.397 e. The molecule has 108 valence electrons. The van der Waals surface area contributed by atoms with Gasteiger partial charge in [0.1, 0.15) is 4.88 Å². The Morgan fingerprint density at radius 3 is 3.00 bits per heavy atom. The highest BCUT2D eigenvalue weighted by Gasteiger charge is 2.16. The number of thiophene rings is 1. The van der Waals surface area contributed by atoms with Crippen LogP contribution < -0.4 is 11.1 Å². The van der Waals surface area contributed by atoms with E-state index in [1.807, 2.05) is 18.2 Å². The van der Waals surface area contributed by atoms with Crippen LogP contribution in [0.15, 0.2) is 22.7 Å². The van der Waals surface area contributed by atoms with Gasteiger partial charge >= 0.3 is 0 Å². The summed E-state index contributed by atoms with van der Waals surface area (Å²) in [4.78, 5) is 12.8. The quantitative estimate of drug-likeness (QED) is 0.834. The molecule has 1 aromatic heterocycles. The number of amides is 1. The molecular weight excluding hydrogens is 356 g/mol. The van der Waals surface area contributed by atoms with Crippen LogP contribution in [0.2, 0.25) is 0 Å². The van der Waals surface area contributed by atoms with Crippen molar-refractivity contribution in [2.75, 3.05) is 24.3 Å². The van der Waals surface area contributed by atoms with Gasteiger partial charge in [0.15, 0.2) is 0 Å². The Bertz CT molecular complexity index is 627. The van der Waals surface area contributed by atoms with Gasteiger partial charge in [-0.1, -0.05) is 22.9 Å².